The molecule has 0 radical (unpaired) electrons. The first kappa shape index (κ1) is 19.0. The van der Waals surface area contributed by atoms with Crippen molar-refractivity contribution in [2.24, 2.45) is 5.92 Å². The highest BCUT2D eigenvalue weighted by Crippen LogP contribution is 2.41. The van der Waals surface area contributed by atoms with Crippen molar-refractivity contribution in [1.29, 1.82) is 0 Å². The number of rotatable bonds is 3. The Hall–Kier alpha value is -0.0600. The van der Waals surface area contributed by atoms with Gasteiger partial charge in [0, 0.05) is 44.0 Å². The highest BCUT2D eigenvalue weighted by atomic mass is 35.5. The lowest BCUT2D eigenvalue weighted by molar-refractivity contribution is 0.125. The fourth-order valence-corrected chi connectivity index (χ4v) is 3.83. The van der Waals surface area contributed by atoms with Crippen molar-refractivity contribution in [3.05, 3.63) is 29.0 Å². The Balaban J connectivity index is 0.00000110. The first-order valence-corrected chi connectivity index (χ1v) is 7.79. The third-order valence-electron chi connectivity index (χ3n) is 4.50. The molecule has 1 aromatic heterocycles. The van der Waals surface area contributed by atoms with Crippen LogP contribution in [0, 0.1) is 5.92 Å². The Labute approximate surface area is 144 Å². The Kier molecular flexibility index (Phi) is 8.28. The molecule has 6 heteroatoms. The predicted molar refractivity (Wildman–Crippen MR) is 92.9 cm³/mol. The van der Waals surface area contributed by atoms with E-state index in [9.17, 15) is 0 Å². The van der Waals surface area contributed by atoms with Crippen LogP contribution in [-0.2, 0) is 0 Å². The van der Waals surface area contributed by atoms with Crippen LogP contribution in [0.15, 0.2) is 18.3 Å². The summed E-state index contributed by atoms with van der Waals surface area (Å²) in [4.78, 5) is 6.90. The molecule has 2 fully saturated rings. The van der Waals surface area contributed by atoms with Gasteiger partial charge >= 0.3 is 0 Å². The minimum absolute atomic E-state index is 0. The number of piperazine rings is 1. The summed E-state index contributed by atoms with van der Waals surface area (Å²) in [5, 5.41) is 4.13. The van der Waals surface area contributed by atoms with Crippen LogP contribution in [0.2, 0.25) is 5.15 Å². The van der Waals surface area contributed by atoms with Gasteiger partial charge in [0.2, 0.25) is 0 Å². The Morgan fingerprint density at radius 2 is 1.86 bits per heavy atom. The standard InChI is InChI=1S/C15H22ClN3.2ClH/c16-15-13(6-3-7-18-15)14(12-4-1-2-5-12)19-10-8-17-9-11-19;;/h3,6-7,12,14,17H,1-2,4-5,8-11H2;2*1H/t14-;;/m0../s1. The molecule has 1 aromatic rings. The molecule has 2 heterocycles. The van der Waals surface area contributed by atoms with E-state index in [4.69, 9.17) is 11.6 Å². The van der Waals surface area contributed by atoms with Crippen LogP contribution < -0.4 is 5.32 Å². The van der Waals surface area contributed by atoms with Crippen LogP contribution >= 0.6 is 36.4 Å². The molecule has 0 spiro atoms. The van der Waals surface area contributed by atoms with E-state index in [1.54, 1.807) is 6.20 Å². The third kappa shape index (κ3) is 4.46. The van der Waals surface area contributed by atoms with E-state index in [0.717, 1.165) is 32.1 Å². The molecule has 0 aromatic carbocycles. The van der Waals surface area contributed by atoms with Crippen LogP contribution in [0.25, 0.3) is 0 Å². The van der Waals surface area contributed by atoms with E-state index in [-0.39, 0.29) is 24.8 Å². The molecule has 1 aliphatic heterocycles. The zero-order valence-corrected chi connectivity index (χ0v) is 14.5. The van der Waals surface area contributed by atoms with E-state index >= 15 is 0 Å². The lowest BCUT2D eigenvalue weighted by atomic mass is 9.90. The number of nitrogens with zero attached hydrogens (tertiary/aromatic N) is 2. The predicted octanol–water partition coefficient (Wildman–Crippen LogP) is 3.72. The third-order valence-corrected chi connectivity index (χ3v) is 4.81. The maximum Gasteiger partial charge on any atom is 0.133 e. The van der Waals surface area contributed by atoms with Gasteiger partial charge in [0.05, 0.1) is 0 Å². The molecule has 0 unspecified atom stereocenters. The molecule has 120 valence electrons. The summed E-state index contributed by atoms with van der Waals surface area (Å²) in [6, 6.07) is 4.65. The molecule has 1 N–H and O–H groups in total. The van der Waals surface area contributed by atoms with Gasteiger partial charge in [-0.05, 0) is 24.8 Å². The van der Waals surface area contributed by atoms with Crippen LogP contribution in [-0.4, -0.2) is 36.1 Å². The number of hydrogen-bond acceptors (Lipinski definition) is 3. The molecule has 1 saturated heterocycles. The topological polar surface area (TPSA) is 28.2 Å². The van der Waals surface area contributed by atoms with E-state index in [1.807, 2.05) is 6.07 Å². The van der Waals surface area contributed by atoms with Crippen molar-refractivity contribution in [1.82, 2.24) is 15.2 Å². The molecular formula is C15H24Cl3N3. The Morgan fingerprint density at radius 1 is 1.19 bits per heavy atom. The smallest absolute Gasteiger partial charge is 0.133 e. The molecular weight excluding hydrogens is 329 g/mol. The van der Waals surface area contributed by atoms with Gasteiger partial charge in [0.25, 0.3) is 0 Å². The minimum Gasteiger partial charge on any atom is -0.314 e. The fourth-order valence-electron chi connectivity index (χ4n) is 3.60. The first-order valence-electron chi connectivity index (χ1n) is 7.41. The van der Waals surface area contributed by atoms with Crippen LogP contribution in [0.4, 0.5) is 0 Å². The second-order valence-corrected chi connectivity index (χ2v) is 6.02. The molecule has 0 amide bonds. The molecule has 3 nitrogen and oxygen atoms in total. The Bertz CT molecular complexity index is 418. The van der Waals surface area contributed by atoms with Gasteiger partial charge in [-0.25, -0.2) is 4.98 Å². The van der Waals surface area contributed by atoms with Gasteiger partial charge in [0.15, 0.2) is 0 Å². The summed E-state index contributed by atoms with van der Waals surface area (Å²) in [5.74, 6) is 0.750. The number of halogens is 3. The lowest BCUT2D eigenvalue weighted by Crippen LogP contribution is -2.46. The molecule has 21 heavy (non-hydrogen) atoms. The van der Waals surface area contributed by atoms with Crippen LogP contribution in [0.5, 0.6) is 0 Å². The van der Waals surface area contributed by atoms with E-state index < -0.39 is 0 Å². The quantitative estimate of drug-likeness (QED) is 0.840. The minimum atomic E-state index is 0. The van der Waals surface area contributed by atoms with E-state index in [2.05, 4.69) is 21.3 Å². The molecule has 2 aliphatic rings. The van der Waals surface area contributed by atoms with Gasteiger partial charge in [0.1, 0.15) is 5.15 Å². The van der Waals surface area contributed by atoms with Crippen molar-refractivity contribution < 1.29 is 0 Å². The summed E-state index contributed by atoms with van der Waals surface area (Å²) in [6.07, 6.45) is 7.19. The highest BCUT2D eigenvalue weighted by molar-refractivity contribution is 6.30. The maximum absolute atomic E-state index is 6.36. The fraction of sp³-hybridized carbons (Fsp3) is 0.667. The van der Waals surface area contributed by atoms with Crippen molar-refractivity contribution in [2.75, 3.05) is 26.2 Å². The van der Waals surface area contributed by atoms with E-state index in [0.29, 0.717) is 11.2 Å². The summed E-state index contributed by atoms with van der Waals surface area (Å²) in [7, 11) is 0. The van der Waals surface area contributed by atoms with Crippen molar-refractivity contribution in [2.45, 2.75) is 31.7 Å². The molecule has 1 aliphatic carbocycles. The van der Waals surface area contributed by atoms with Crippen LogP contribution in [0.1, 0.15) is 37.3 Å². The lowest BCUT2D eigenvalue weighted by Gasteiger charge is -2.38. The van der Waals surface area contributed by atoms with E-state index in [1.165, 1.54) is 31.2 Å². The highest BCUT2D eigenvalue weighted by Gasteiger charge is 2.33. The maximum atomic E-state index is 6.36. The summed E-state index contributed by atoms with van der Waals surface area (Å²) in [6.45, 7) is 4.40. The average Bonchev–Trinajstić information content (AvgIpc) is 2.96. The number of aromatic nitrogens is 1. The van der Waals surface area contributed by atoms with Crippen molar-refractivity contribution >= 4 is 36.4 Å². The number of pyridine rings is 1. The summed E-state index contributed by atoms with van der Waals surface area (Å²) >= 11 is 6.36. The van der Waals surface area contributed by atoms with Gasteiger partial charge in [-0.2, -0.15) is 0 Å². The Morgan fingerprint density at radius 3 is 2.48 bits per heavy atom. The zero-order chi connectivity index (χ0) is 13.1. The summed E-state index contributed by atoms with van der Waals surface area (Å²) in [5.41, 5.74) is 1.23. The second kappa shape index (κ2) is 9.16. The van der Waals surface area contributed by atoms with Gasteiger partial charge in [-0.3, -0.25) is 4.90 Å². The summed E-state index contributed by atoms with van der Waals surface area (Å²) < 4.78 is 0. The SMILES string of the molecule is Cl.Cl.Clc1ncccc1[C@H](C1CCCC1)N1CCNCC1. The van der Waals surface area contributed by atoms with Gasteiger partial charge in [-0.1, -0.05) is 30.5 Å². The first-order chi connectivity index (χ1) is 9.36. The average molecular weight is 353 g/mol. The normalized spacial score (nSPS) is 21.4. The van der Waals surface area contributed by atoms with Gasteiger partial charge in [-0.15, -0.1) is 24.8 Å². The largest absolute Gasteiger partial charge is 0.314 e. The number of nitrogens with one attached hydrogen (secondary N) is 1. The molecule has 0 bridgehead atoms. The molecule has 1 saturated carbocycles. The second-order valence-electron chi connectivity index (χ2n) is 5.66. The van der Waals surface area contributed by atoms with Crippen molar-refractivity contribution in [3.63, 3.8) is 0 Å². The zero-order valence-electron chi connectivity index (χ0n) is 12.1. The number of hydrogen-bond donors (Lipinski definition) is 1. The van der Waals surface area contributed by atoms with Crippen LogP contribution in [0.3, 0.4) is 0 Å². The monoisotopic (exact) mass is 351 g/mol. The molecule has 1 atom stereocenters. The molecule has 3 rings (SSSR count). The van der Waals surface area contributed by atoms with Gasteiger partial charge < -0.3 is 5.32 Å². The van der Waals surface area contributed by atoms with Crippen molar-refractivity contribution in [3.8, 4) is 0 Å².